The van der Waals surface area contributed by atoms with Crippen LogP contribution >= 0.6 is 11.3 Å². The number of hydrogen-bond donors (Lipinski definition) is 0. The summed E-state index contributed by atoms with van der Waals surface area (Å²) in [6, 6.07) is 64.2. The molecule has 0 aliphatic carbocycles. The number of rotatable bonds is 5. The zero-order chi connectivity index (χ0) is 38.5. The monoisotopic (exact) mass is 754 g/mol. The molecule has 0 amide bonds. The molecule has 0 saturated carbocycles. The zero-order valence-corrected chi connectivity index (χ0v) is 32.4. The van der Waals surface area contributed by atoms with Gasteiger partial charge in [-0.25, -0.2) is 0 Å². The summed E-state index contributed by atoms with van der Waals surface area (Å²) in [6.07, 6.45) is 1.92. The van der Waals surface area contributed by atoms with Gasteiger partial charge >= 0.3 is 0 Å². The minimum Gasteiger partial charge on any atom is -0.456 e. The number of benzene rings is 10. The molecule has 58 heavy (non-hydrogen) atoms. The van der Waals surface area contributed by atoms with Crippen LogP contribution in [0.4, 0.5) is 0 Å². The fourth-order valence-corrected chi connectivity index (χ4v) is 10.5. The van der Waals surface area contributed by atoms with E-state index >= 15 is 0 Å². The molecule has 0 saturated heterocycles. The first kappa shape index (κ1) is 32.9. The fourth-order valence-electron chi connectivity index (χ4n) is 9.35. The van der Waals surface area contributed by atoms with Gasteiger partial charge in [-0.05, 0) is 142 Å². The SMILES string of the molecule is C=Cc1ccccc1C(=C)c1c2ccccc2c(-c2ccc3cc(-c4ccc5sc6cc7cc8c(cc7cc6c5c4)oc4ccccc48)ccc3c2)c2ccccc12. The molecule has 270 valence electrons. The van der Waals surface area contributed by atoms with Crippen molar-refractivity contribution in [2.24, 2.45) is 0 Å². The van der Waals surface area contributed by atoms with Crippen molar-refractivity contribution in [1.82, 2.24) is 0 Å². The Morgan fingerprint density at radius 1 is 0.431 bits per heavy atom. The molecular weight excluding hydrogens is 721 g/mol. The lowest BCUT2D eigenvalue weighted by Crippen LogP contribution is -1.96. The van der Waals surface area contributed by atoms with Gasteiger partial charge in [0.05, 0.1) is 0 Å². The van der Waals surface area contributed by atoms with Crippen molar-refractivity contribution < 1.29 is 4.42 Å². The molecule has 2 heterocycles. The quantitative estimate of drug-likeness (QED) is 0.160. The first-order chi connectivity index (χ1) is 28.6. The standard InChI is InChI=1S/C56H34OS/c1-3-34-12-4-5-13-42(34)33(2)55-44-15-6-8-17-46(44)56(47-18-9-7-16-45(47)55)39-23-22-35-26-36(20-21-37(35)27-39)38-24-25-53-49(28-38)50-30-40-31-52-48(29-41(40)32-54(50)58-53)43-14-10-11-19-51(43)57-52/h3-32H,1-2H2. The number of furan rings is 1. The van der Waals surface area contributed by atoms with E-state index in [1.807, 2.05) is 29.5 Å². The van der Waals surface area contributed by atoms with E-state index in [0.717, 1.165) is 33.3 Å². The molecule has 0 aliphatic heterocycles. The van der Waals surface area contributed by atoms with Crippen molar-refractivity contribution >= 4 is 108 Å². The molecule has 2 aromatic heterocycles. The average Bonchev–Trinajstić information content (AvgIpc) is 3.82. The molecular formula is C56H34OS. The van der Waals surface area contributed by atoms with Gasteiger partial charge in [-0.15, -0.1) is 11.3 Å². The van der Waals surface area contributed by atoms with Crippen molar-refractivity contribution in [3.63, 3.8) is 0 Å². The van der Waals surface area contributed by atoms with Crippen LogP contribution in [-0.4, -0.2) is 0 Å². The summed E-state index contributed by atoms with van der Waals surface area (Å²) in [5, 5.41) is 14.6. The largest absolute Gasteiger partial charge is 0.456 e. The van der Waals surface area contributed by atoms with Crippen LogP contribution < -0.4 is 0 Å². The van der Waals surface area contributed by atoms with Crippen LogP contribution in [0.1, 0.15) is 16.7 Å². The van der Waals surface area contributed by atoms with E-state index in [1.165, 1.54) is 96.5 Å². The predicted molar refractivity (Wildman–Crippen MR) is 252 cm³/mol. The summed E-state index contributed by atoms with van der Waals surface area (Å²) in [5.41, 5.74) is 11.1. The van der Waals surface area contributed by atoms with Gasteiger partial charge in [-0.2, -0.15) is 0 Å². The van der Waals surface area contributed by atoms with Gasteiger partial charge in [0, 0.05) is 30.9 Å². The summed E-state index contributed by atoms with van der Waals surface area (Å²) in [7, 11) is 0. The lowest BCUT2D eigenvalue weighted by molar-refractivity contribution is 0.669. The molecule has 12 aromatic rings. The van der Waals surface area contributed by atoms with Crippen LogP contribution in [0.3, 0.4) is 0 Å². The molecule has 0 aliphatic rings. The number of hydrogen-bond acceptors (Lipinski definition) is 2. The second-order valence-electron chi connectivity index (χ2n) is 15.3. The molecule has 12 rings (SSSR count). The highest BCUT2D eigenvalue weighted by atomic mass is 32.1. The fraction of sp³-hybridized carbons (Fsp3) is 0. The Bertz CT molecular complexity index is 3670. The summed E-state index contributed by atoms with van der Waals surface area (Å²) in [5.74, 6) is 0. The van der Waals surface area contributed by atoms with Crippen molar-refractivity contribution in [2.75, 3.05) is 0 Å². The Morgan fingerprint density at radius 2 is 1.02 bits per heavy atom. The van der Waals surface area contributed by atoms with Gasteiger partial charge in [-0.3, -0.25) is 0 Å². The second-order valence-corrected chi connectivity index (χ2v) is 16.4. The van der Waals surface area contributed by atoms with E-state index < -0.39 is 0 Å². The van der Waals surface area contributed by atoms with E-state index in [1.54, 1.807) is 0 Å². The molecule has 2 heteroatoms. The van der Waals surface area contributed by atoms with E-state index in [4.69, 9.17) is 4.42 Å². The average molecular weight is 755 g/mol. The maximum absolute atomic E-state index is 6.26. The van der Waals surface area contributed by atoms with Gasteiger partial charge in [0.15, 0.2) is 0 Å². The van der Waals surface area contributed by atoms with Crippen molar-refractivity contribution in [3.05, 3.63) is 206 Å². The van der Waals surface area contributed by atoms with Crippen molar-refractivity contribution in [2.45, 2.75) is 0 Å². The molecule has 0 spiro atoms. The summed E-state index contributed by atoms with van der Waals surface area (Å²) in [6.45, 7) is 8.78. The molecule has 0 atom stereocenters. The predicted octanol–water partition coefficient (Wildman–Crippen LogP) is 16.6. The lowest BCUT2D eigenvalue weighted by Gasteiger charge is -2.20. The van der Waals surface area contributed by atoms with Crippen LogP contribution in [-0.2, 0) is 0 Å². The highest BCUT2D eigenvalue weighted by Crippen LogP contribution is 2.45. The Balaban J connectivity index is 0.960. The normalized spacial score (nSPS) is 11.9. The van der Waals surface area contributed by atoms with Crippen LogP contribution in [0.25, 0.3) is 119 Å². The number of fused-ring (bicyclic) bond motifs is 10. The molecule has 0 N–H and O–H groups in total. The minimum absolute atomic E-state index is 0.931. The molecule has 0 radical (unpaired) electrons. The zero-order valence-electron chi connectivity index (χ0n) is 31.6. The number of para-hydroxylation sites is 1. The third-order valence-electron chi connectivity index (χ3n) is 12.1. The Hall–Kier alpha value is -7.26. The smallest absolute Gasteiger partial charge is 0.136 e. The van der Waals surface area contributed by atoms with Crippen LogP contribution in [0.15, 0.2) is 193 Å². The van der Waals surface area contributed by atoms with Crippen LogP contribution in [0, 0.1) is 0 Å². The molecule has 0 bridgehead atoms. The molecule has 1 nitrogen and oxygen atoms in total. The van der Waals surface area contributed by atoms with Gasteiger partial charge in [0.2, 0.25) is 0 Å². The number of thiophene rings is 1. The second kappa shape index (κ2) is 12.6. The first-order valence-corrected chi connectivity index (χ1v) is 20.5. The van der Waals surface area contributed by atoms with Crippen LogP contribution in [0.5, 0.6) is 0 Å². The third kappa shape index (κ3) is 4.95. The Labute approximate surface area is 339 Å². The van der Waals surface area contributed by atoms with Gasteiger partial charge in [0.1, 0.15) is 11.2 Å². The molecule has 0 fully saturated rings. The first-order valence-electron chi connectivity index (χ1n) is 19.7. The van der Waals surface area contributed by atoms with Gasteiger partial charge in [-0.1, -0.05) is 141 Å². The van der Waals surface area contributed by atoms with Gasteiger partial charge in [0.25, 0.3) is 0 Å². The van der Waals surface area contributed by atoms with E-state index in [0.29, 0.717) is 0 Å². The van der Waals surface area contributed by atoms with Crippen molar-refractivity contribution in [3.8, 4) is 22.3 Å². The maximum Gasteiger partial charge on any atom is 0.136 e. The lowest BCUT2D eigenvalue weighted by atomic mass is 9.83. The summed E-state index contributed by atoms with van der Waals surface area (Å²) >= 11 is 1.87. The van der Waals surface area contributed by atoms with Crippen molar-refractivity contribution in [1.29, 1.82) is 0 Å². The van der Waals surface area contributed by atoms with E-state index in [2.05, 4.69) is 177 Å². The summed E-state index contributed by atoms with van der Waals surface area (Å²) in [4.78, 5) is 0. The van der Waals surface area contributed by atoms with Gasteiger partial charge < -0.3 is 4.42 Å². The maximum atomic E-state index is 6.26. The highest BCUT2D eigenvalue weighted by Gasteiger charge is 2.19. The highest BCUT2D eigenvalue weighted by molar-refractivity contribution is 7.25. The Morgan fingerprint density at radius 3 is 1.79 bits per heavy atom. The summed E-state index contributed by atoms with van der Waals surface area (Å²) < 4.78 is 8.86. The topological polar surface area (TPSA) is 13.1 Å². The third-order valence-corrected chi connectivity index (χ3v) is 13.3. The molecule has 10 aromatic carbocycles. The van der Waals surface area contributed by atoms with Crippen LogP contribution in [0.2, 0.25) is 0 Å². The Kier molecular flexibility index (Phi) is 7.17. The van der Waals surface area contributed by atoms with E-state index in [9.17, 15) is 0 Å². The minimum atomic E-state index is 0.931. The molecule has 0 unspecified atom stereocenters. The van der Waals surface area contributed by atoms with E-state index in [-0.39, 0.29) is 0 Å².